The van der Waals surface area contributed by atoms with E-state index in [9.17, 15) is 9.59 Å². The number of carbonyl (C=O) groups excluding carboxylic acids is 1. The number of hydrogen-bond donors (Lipinski definition) is 2. The first kappa shape index (κ1) is 9.73. The SMILES string of the molecule is C[C@H](NC(=O)c1ccsc1)C(=O)O. The number of amides is 1. The van der Waals surface area contributed by atoms with Crippen molar-refractivity contribution in [3.63, 3.8) is 0 Å². The van der Waals surface area contributed by atoms with Crippen molar-refractivity contribution in [1.29, 1.82) is 0 Å². The molecule has 1 atom stereocenters. The van der Waals surface area contributed by atoms with Crippen LogP contribution >= 0.6 is 11.3 Å². The van der Waals surface area contributed by atoms with Gasteiger partial charge in [0.05, 0.1) is 5.56 Å². The standard InChI is InChI=1S/C8H9NO3S/c1-5(8(11)12)9-7(10)6-2-3-13-4-6/h2-5H,1H3,(H,9,10)(H,11,12)/t5-/m0/s1. The fourth-order valence-corrected chi connectivity index (χ4v) is 1.37. The van der Waals surface area contributed by atoms with Crippen LogP contribution in [-0.4, -0.2) is 23.0 Å². The predicted molar refractivity (Wildman–Crippen MR) is 48.9 cm³/mol. The minimum absolute atomic E-state index is 0.351. The number of hydrogen-bond acceptors (Lipinski definition) is 3. The van der Waals surface area contributed by atoms with Crippen molar-refractivity contribution in [2.24, 2.45) is 0 Å². The summed E-state index contributed by atoms with van der Waals surface area (Å²) in [6.07, 6.45) is 0. The van der Waals surface area contributed by atoms with Crippen molar-refractivity contribution < 1.29 is 14.7 Å². The van der Waals surface area contributed by atoms with E-state index in [1.165, 1.54) is 18.3 Å². The highest BCUT2D eigenvalue weighted by Crippen LogP contribution is 2.05. The molecule has 0 aliphatic rings. The van der Waals surface area contributed by atoms with Crippen LogP contribution in [0.15, 0.2) is 16.8 Å². The molecule has 0 unspecified atom stereocenters. The van der Waals surface area contributed by atoms with Gasteiger partial charge in [-0.1, -0.05) is 0 Å². The van der Waals surface area contributed by atoms with Gasteiger partial charge in [0.15, 0.2) is 0 Å². The van der Waals surface area contributed by atoms with Crippen LogP contribution in [0.3, 0.4) is 0 Å². The monoisotopic (exact) mass is 199 g/mol. The molecule has 1 heterocycles. The zero-order chi connectivity index (χ0) is 9.84. The van der Waals surface area contributed by atoms with Gasteiger partial charge >= 0.3 is 5.97 Å². The van der Waals surface area contributed by atoms with Crippen molar-refractivity contribution in [2.75, 3.05) is 0 Å². The highest BCUT2D eigenvalue weighted by molar-refractivity contribution is 7.08. The molecule has 0 aliphatic heterocycles. The molecular formula is C8H9NO3S. The summed E-state index contributed by atoms with van der Waals surface area (Å²) in [7, 11) is 0. The number of thiophene rings is 1. The summed E-state index contributed by atoms with van der Waals surface area (Å²) in [5.74, 6) is -1.39. The molecule has 1 aromatic rings. The molecular weight excluding hydrogens is 190 g/mol. The number of carboxylic acid groups (broad SMARTS) is 1. The van der Waals surface area contributed by atoms with Gasteiger partial charge in [-0.3, -0.25) is 9.59 Å². The van der Waals surface area contributed by atoms with Gasteiger partial charge in [0, 0.05) is 5.38 Å². The van der Waals surface area contributed by atoms with Crippen LogP contribution in [0, 0.1) is 0 Å². The second kappa shape index (κ2) is 4.04. The largest absolute Gasteiger partial charge is 0.480 e. The second-order valence-electron chi connectivity index (χ2n) is 2.55. The summed E-state index contributed by atoms with van der Waals surface area (Å²) >= 11 is 1.40. The fraction of sp³-hybridized carbons (Fsp3) is 0.250. The summed E-state index contributed by atoms with van der Waals surface area (Å²) in [6.45, 7) is 1.42. The Morgan fingerprint density at radius 1 is 1.62 bits per heavy atom. The molecule has 13 heavy (non-hydrogen) atoms. The fourth-order valence-electron chi connectivity index (χ4n) is 0.735. The quantitative estimate of drug-likeness (QED) is 0.761. The van der Waals surface area contributed by atoms with Gasteiger partial charge in [0.1, 0.15) is 6.04 Å². The Morgan fingerprint density at radius 3 is 2.77 bits per heavy atom. The number of nitrogens with one attached hydrogen (secondary N) is 1. The Kier molecular flexibility index (Phi) is 3.02. The van der Waals surface area contributed by atoms with Crippen molar-refractivity contribution >= 4 is 23.2 Å². The lowest BCUT2D eigenvalue weighted by molar-refractivity contribution is -0.138. The zero-order valence-corrected chi connectivity index (χ0v) is 7.80. The van der Waals surface area contributed by atoms with Gasteiger partial charge in [-0.15, -0.1) is 0 Å². The molecule has 5 heteroatoms. The molecule has 0 aromatic carbocycles. The third kappa shape index (κ3) is 2.55. The molecule has 0 fully saturated rings. The number of carbonyl (C=O) groups is 2. The molecule has 0 spiro atoms. The van der Waals surface area contributed by atoms with Gasteiger partial charge in [0.2, 0.25) is 0 Å². The van der Waals surface area contributed by atoms with E-state index in [1.54, 1.807) is 16.8 Å². The van der Waals surface area contributed by atoms with Crippen molar-refractivity contribution in [3.8, 4) is 0 Å². The van der Waals surface area contributed by atoms with Crippen LogP contribution in [0.2, 0.25) is 0 Å². The first-order chi connectivity index (χ1) is 6.11. The molecule has 0 radical (unpaired) electrons. The Morgan fingerprint density at radius 2 is 2.31 bits per heavy atom. The summed E-state index contributed by atoms with van der Waals surface area (Å²) in [5, 5.41) is 14.3. The van der Waals surface area contributed by atoms with Gasteiger partial charge < -0.3 is 10.4 Å². The van der Waals surface area contributed by atoms with Crippen molar-refractivity contribution in [3.05, 3.63) is 22.4 Å². The van der Waals surface area contributed by atoms with Crippen LogP contribution in [0.1, 0.15) is 17.3 Å². The van der Waals surface area contributed by atoms with E-state index in [-0.39, 0.29) is 5.91 Å². The van der Waals surface area contributed by atoms with Crippen LogP contribution in [0.4, 0.5) is 0 Å². The smallest absolute Gasteiger partial charge is 0.325 e. The Bertz CT molecular complexity index is 307. The lowest BCUT2D eigenvalue weighted by Crippen LogP contribution is -2.38. The second-order valence-corrected chi connectivity index (χ2v) is 3.33. The molecule has 0 aliphatic carbocycles. The van der Waals surface area contributed by atoms with E-state index in [1.807, 2.05) is 0 Å². The summed E-state index contributed by atoms with van der Waals surface area (Å²) in [6, 6.07) is 0.793. The Balaban J connectivity index is 2.56. The average Bonchev–Trinajstić information content (AvgIpc) is 2.55. The summed E-state index contributed by atoms with van der Waals surface area (Å²) in [5.41, 5.74) is 0.498. The first-order valence-electron chi connectivity index (χ1n) is 3.67. The van der Waals surface area contributed by atoms with Crippen LogP contribution in [0.5, 0.6) is 0 Å². The van der Waals surface area contributed by atoms with Gasteiger partial charge in [-0.2, -0.15) is 11.3 Å². The highest BCUT2D eigenvalue weighted by Gasteiger charge is 2.14. The zero-order valence-electron chi connectivity index (χ0n) is 6.98. The highest BCUT2D eigenvalue weighted by atomic mass is 32.1. The molecule has 1 amide bonds. The van der Waals surface area contributed by atoms with Crippen molar-refractivity contribution in [2.45, 2.75) is 13.0 Å². The molecule has 1 rings (SSSR count). The predicted octanol–water partition coefficient (Wildman–Crippen LogP) is 0.951. The molecule has 2 N–H and O–H groups in total. The first-order valence-corrected chi connectivity index (χ1v) is 4.61. The van der Waals surface area contributed by atoms with Crippen molar-refractivity contribution in [1.82, 2.24) is 5.32 Å². The van der Waals surface area contributed by atoms with Crippen LogP contribution in [0.25, 0.3) is 0 Å². The summed E-state index contributed by atoms with van der Waals surface area (Å²) < 4.78 is 0. The number of aliphatic carboxylic acids is 1. The van der Waals surface area contributed by atoms with E-state index in [0.717, 1.165) is 0 Å². The Labute approximate surface area is 79.2 Å². The summed E-state index contributed by atoms with van der Waals surface area (Å²) in [4.78, 5) is 21.6. The van der Waals surface area contributed by atoms with Crippen LogP contribution < -0.4 is 5.32 Å². The molecule has 0 saturated heterocycles. The normalized spacial score (nSPS) is 12.1. The topological polar surface area (TPSA) is 66.4 Å². The lowest BCUT2D eigenvalue weighted by atomic mass is 10.3. The Hall–Kier alpha value is -1.36. The third-order valence-electron chi connectivity index (χ3n) is 1.50. The maximum Gasteiger partial charge on any atom is 0.325 e. The maximum atomic E-state index is 11.3. The number of carboxylic acids is 1. The number of rotatable bonds is 3. The van der Waals surface area contributed by atoms with Gasteiger partial charge in [-0.25, -0.2) is 0 Å². The maximum absolute atomic E-state index is 11.3. The molecule has 1 aromatic heterocycles. The molecule has 0 bridgehead atoms. The average molecular weight is 199 g/mol. The van der Waals surface area contributed by atoms with E-state index in [0.29, 0.717) is 5.56 Å². The minimum atomic E-state index is -1.04. The van der Waals surface area contributed by atoms with Crippen LogP contribution in [-0.2, 0) is 4.79 Å². The van der Waals surface area contributed by atoms with E-state index in [2.05, 4.69) is 5.32 Å². The van der Waals surface area contributed by atoms with Gasteiger partial charge in [-0.05, 0) is 18.4 Å². The third-order valence-corrected chi connectivity index (χ3v) is 2.18. The van der Waals surface area contributed by atoms with E-state index >= 15 is 0 Å². The lowest BCUT2D eigenvalue weighted by Gasteiger charge is -2.07. The van der Waals surface area contributed by atoms with Gasteiger partial charge in [0.25, 0.3) is 5.91 Å². The molecule has 4 nitrogen and oxygen atoms in total. The minimum Gasteiger partial charge on any atom is -0.480 e. The van der Waals surface area contributed by atoms with E-state index < -0.39 is 12.0 Å². The molecule has 0 saturated carbocycles. The van der Waals surface area contributed by atoms with E-state index in [4.69, 9.17) is 5.11 Å². The molecule has 70 valence electrons.